The molecule has 1 aliphatic rings. The van der Waals surface area contributed by atoms with Crippen LogP contribution in [0.5, 0.6) is 5.75 Å². The number of hydrogen-bond donors (Lipinski definition) is 1. The second kappa shape index (κ2) is 9.46. The van der Waals surface area contributed by atoms with Crippen molar-refractivity contribution in [2.75, 3.05) is 13.2 Å². The molecule has 0 fully saturated rings. The summed E-state index contributed by atoms with van der Waals surface area (Å²) in [6.45, 7) is 1.57. The summed E-state index contributed by atoms with van der Waals surface area (Å²) >= 11 is 0. The lowest BCUT2D eigenvalue weighted by Gasteiger charge is -2.36. The van der Waals surface area contributed by atoms with Gasteiger partial charge >= 0.3 is 6.09 Å². The summed E-state index contributed by atoms with van der Waals surface area (Å²) in [6, 6.07) is 24.6. The Morgan fingerprint density at radius 3 is 2.30 bits per heavy atom. The van der Waals surface area contributed by atoms with Crippen LogP contribution in [0.15, 0.2) is 78.9 Å². The third-order valence-electron chi connectivity index (χ3n) is 5.31. The molecular weight excluding hydrogens is 378 g/mol. The molecule has 1 amide bonds. The molecule has 1 atom stereocenters. The van der Waals surface area contributed by atoms with Crippen LogP contribution >= 0.6 is 0 Å². The van der Waals surface area contributed by atoms with Gasteiger partial charge in [0.25, 0.3) is 0 Å². The maximum Gasteiger partial charge on any atom is 0.410 e. The Hall–Kier alpha value is -3.31. The van der Waals surface area contributed by atoms with Crippen molar-refractivity contribution in [2.45, 2.75) is 25.7 Å². The molecule has 0 spiro atoms. The van der Waals surface area contributed by atoms with Crippen molar-refractivity contribution in [3.8, 4) is 5.75 Å². The molecule has 0 radical (unpaired) electrons. The van der Waals surface area contributed by atoms with Gasteiger partial charge in [-0.1, -0.05) is 66.7 Å². The van der Waals surface area contributed by atoms with E-state index in [0.29, 0.717) is 26.2 Å². The van der Waals surface area contributed by atoms with Gasteiger partial charge in [0.1, 0.15) is 12.4 Å². The Labute approximate surface area is 176 Å². The Bertz CT molecular complexity index is 975. The number of hydrogen-bond acceptors (Lipinski definition) is 4. The van der Waals surface area contributed by atoms with E-state index in [0.717, 1.165) is 22.3 Å². The van der Waals surface area contributed by atoms with E-state index in [1.807, 2.05) is 66.7 Å². The van der Waals surface area contributed by atoms with E-state index in [1.54, 1.807) is 17.0 Å². The second-order valence-electron chi connectivity index (χ2n) is 7.38. The molecule has 154 valence electrons. The topological polar surface area (TPSA) is 59.0 Å². The lowest BCUT2D eigenvalue weighted by atomic mass is 9.93. The van der Waals surface area contributed by atoms with Gasteiger partial charge in [-0.15, -0.1) is 0 Å². The number of phenols is 1. The summed E-state index contributed by atoms with van der Waals surface area (Å²) in [7, 11) is 0. The minimum atomic E-state index is -0.356. The first kappa shape index (κ1) is 20.0. The van der Waals surface area contributed by atoms with Crippen LogP contribution in [-0.2, 0) is 29.1 Å². The molecule has 5 heteroatoms. The van der Waals surface area contributed by atoms with Crippen LogP contribution in [0, 0.1) is 0 Å². The number of amides is 1. The smallest absolute Gasteiger partial charge is 0.410 e. The Balaban J connectivity index is 1.47. The number of carbonyl (C=O) groups excluding carboxylic acids is 1. The molecule has 0 aromatic heterocycles. The molecule has 3 aromatic carbocycles. The number of benzene rings is 3. The van der Waals surface area contributed by atoms with Gasteiger partial charge in [0.2, 0.25) is 0 Å². The van der Waals surface area contributed by atoms with Crippen molar-refractivity contribution in [1.82, 2.24) is 4.90 Å². The van der Waals surface area contributed by atoms with E-state index in [2.05, 4.69) is 0 Å². The van der Waals surface area contributed by atoms with Crippen molar-refractivity contribution >= 4 is 6.09 Å². The summed E-state index contributed by atoms with van der Waals surface area (Å²) in [4.78, 5) is 14.6. The Morgan fingerprint density at radius 2 is 1.60 bits per heavy atom. The largest absolute Gasteiger partial charge is 0.508 e. The van der Waals surface area contributed by atoms with E-state index in [9.17, 15) is 9.90 Å². The number of phenolic OH excluding ortho intramolecular Hbond substituents is 1. The van der Waals surface area contributed by atoms with Gasteiger partial charge in [-0.3, -0.25) is 4.90 Å². The molecule has 1 unspecified atom stereocenters. The predicted molar refractivity (Wildman–Crippen MR) is 114 cm³/mol. The number of rotatable bonds is 6. The highest BCUT2D eigenvalue weighted by Crippen LogP contribution is 2.33. The molecule has 1 N–H and O–H groups in total. The fraction of sp³-hybridized carbons (Fsp3) is 0.240. The van der Waals surface area contributed by atoms with Crippen molar-refractivity contribution in [3.63, 3.8) is 0 Å². The van der Waals surface area contributed by atoms with Crippen LogP contribution in [0.25, 0.3) is 0 Å². The number of carbonyl (C=O) groups is 1. The summed E-state index contributed by atoms with van der Waals surface area (Å²) < 4.78 is 11.6. The number of aromatic hydroxyl groups is 1. The third kappa shape index (κ3) is 4.81. The van der Waals surface area contributed by atoms with Gasteiger partial charge in [0.05, 0.1) is 19.3 Å². The van der Waals surface area contributed by atoms with Crippen LogP contribution in [-0.4, -0.2) is 29.3 Å². The van der Waals surface area contributed by atoms with Crippen molar-refractivity contribution in [3.05, 3.63) is 101 Å². The van der Waals surface area contributed by atoms with E-state index in [4.69, 9.17) is 9.47 Å². The molecule has 3 aromatic rings. The maximum absolute atomic E-state index is 12.9. The van der Waals surface area contributed by atoms with Crippen LogP contribution < -0.4 is 0 Å². The molecule has 0 saturated heterocycles. The highest BCUT2D eigenvalue weighted by atomic mass is 16.6. The van der Waals surface area contributed by atoms with Gasteiger partial charge in [-0.05, 0) is 40.8 Å². The van der Waals surface area contributed by atoms with Gasteiger partial charge in [-0.25, -0.2) is 4.79 Å². The van der Waals surface area contributed by atoms with Gasteiger partial charge in [0.15, 0.2) is 0 Å². The van der Waals surface area contributed by atoms with Gasteiger partial charge in [-0.2, -0.15) is 0 Å². The van der Waals surface area contributed by atoms with Crippen LogP contribution in [0.1, 0.15) is 28.3 Å². The molecular formula is C25H25NO4. The molecule has 0 aliphatic carbocycles. The van der Waals surface area contributed by atoms with E-state index < -0.39 is 0 Å². The molecule has 5 nitrogen and oxygen atoms in total. The van der Waals surface area contributed by atoms with Crippen LogP contribution in [0.4, 0.5) is 4.79 Å². The van der Waals surface area contributed by atoms with E-state index in [1.165, 1.54) is 0 Å². The lowest BCUT2D eigenvalue weighted by Crippen LogP contribution is -2.42. The highest BCUT2D eigenvalue weighted by Gasteiger charge is 2.32. The van der Waals surface area contributed by atoms with Crippen molar-refractivity contribution in [2.24, 2.45) is 0 Å². The minimum absolute atomic E-state index is 0.232. The summed E-state index contributed by atoms with van der Waals surface area (Å²) in [6.07, 6.45) is 0.310. The van der Waals surface area contributed by atoms with Gasteiger partial charge in [0, 0.05) is 6.54 Å². The summed E-state index contributed by atoms with van der Waals surface area (Å²) in [5.74, 6) is 0.234. The zero-order valence-electron chi connectivity index (χ0n) is 16.7. The minimum Gasteiger partial charge on any atom is -0.508 e. The molecule has 1 heterocycles. The lowest BCUT2D eigenvalue weighted by molar-refractivity contribution is 0.0303. The van der Waals surface area contributed by atoms with Gasteiger partial charge < -0.3 is 14.6 Å². The first-order chi connectivity index (χ1) is 14.7. The fourth-order valence-electron chi connectivity index (χ4n) is 3.76. The quantitative estimate of drug-likeness (QED) is 0.640. The Kier molecular flexibility index (Phi) is 6.30. The average Bonchev–Trinajstić information content (AvgIpc) is 2.78. The second-order valence-corrected chi connectivity index (χ2v) is 7.38. The first-order valence-corrected chi connectivity index (χ1v) is 10.1. The Morgan fingerprint density at radius 1 is 0.933 bits per heavy atom. The zero-order valence-corrected chi connectivity index (χ0v) is 16.7. The first-order valence-electron chi connectivity index (χ1n) is 10.1. The van der Waals surface area contributed by atoms with E-state index in [-0.39, 0.29) is 24.5 Å². The van der Waals surface area contributed by atoms with Crippen LogP contribution in [0.2, 0.25) is 0 Å². The summed E-state index contributed by atoms with van der Waals surface area (Å²) in [5, 5.41) is 9.85. The van der Waals surface area contributed by atoms with Crippen molar-refractivity contribution in [1.29, 1.82) is 0 Å². The normalized spacial score (nSPS) is 15.5. The third-order valence-corrected chi connectivity index (χ3v) is 5.31. The fourth-order valence-corrected chi connectivity index (χ4v) is 3.76. The standard InChI is InChI=1S/C25H25NO4/c27-22-11-12-23-21(15-22)13-14-26(25(28)30-17-20-9-5-2-6-10-20)24(23)18-29-16-19-7-3-1-4-8-19/h1-12,15,24,27H,13-14,16-18H2. The zero-order chi connectivity index (χ0) is 20.8. The van der Waals surface area contributed by atoms with E-state index >= 15 is 0 Å². The number of ether oxygens (including phenoxy) is 2. The SMILES string of the molecule is O=C(OCc1ccccc1)N1CCc2cc(O)ccc2C1COCc1ccccc1. The monoisotopic (exact) mass is 403 g/mol. The van der Waals surface area contributed by atoms with Crippen molar-refractivity contribution < 1.29 is 19.4 Å². The molecule has 30 heavy (non-hydrogen) atoms. The summed E-state index contributed by atoms with van der Waals surface area (Å²) in [5.41, 5.74) is 4.06. The number of nitrogens with zero attached hydrogens (tertiary/aromatic N) is 1. The predicted octanol–water partition coefficient (Wildman–Crippen LogP) is 4.85. The molecule has 1 aliphatic heterocycles. The molecule has 4 rings (SSSR count). The molecule has 0 saturated carbocycles. The highest BCUT2D eigenvalue weighted by molar-refractivity contribution is 5.69. The van der Waals surface area contributed by atoms with Crippen LogP contribution in [0.3, 0.4) is 0 Å². The maximum atomic E-state index is 12.9. The molecule has 0 bridgehead atoms. The average molecular weight is 403 g/mol. The number of fused-ring (bicyclic) bond motifs is 1.